The van der Waals surface area contributed by atoms with Gasteiger partial charge in [-0.1, -0.05) is 41.4 Å². The summed E-state index contributed by atoms with van der Waals surface area (Å²) < 4.78 is 0. The largest absolute Gasteiger partial charge is 0.346 e. The Bertz CT molecular complexity index is 792. The lowest BCUT2D eigenvalue weighted by Crippen LogP contribution is -1.81. The second kappa shape index (κ2) is 4.46. The molecule has 0 fully saturated rings. The SMILES string of the molecule is Cc1ccc(-c2c(C#N)[nH]c3ccc(Cl)cc23)cc1. The molecule has 0 amide bonds. The molecule has 2 nitrogen and oxygen atoms in total. The smallest absolute Gasteiger partial charge is 0.126 e. The van der Waals surface area contributed by atoms with Gasteiger partial charge in [-0.25, -0.2) is 0 Å². The summed E-state index contributed by atoms with van der Waals surface area (Å²) in [4.78, 5) is 3.13. The molecule has 0 aliphatic carbocycles. The Morgan fingerprint density at radius 1 is 1.11 bits per heavy atom. The maximum atomic E-state index is 9.29. The van der Waals surface area contributed by atoms with Crippen LogP contribution in [0.1, 0.15) is 11.3 Å². The van der Waals surface area contributed by atoms with Gasteiger partial charge in [0.25, 0.3) is 0 Å². The first kappa shape index (κ1) is 11.8. The maximum absolute atomic E-state index is 9.29. The standard InChI is InChI=1S/C16H11ClN2/c1-10-2-4-11(5-3-10)16-13-8-12(17)6-7-14(13)19-15(16)9-18/h2-8,19H,1H3. The number of hydrogen-bond donors (Lipinski definition) is 1. The van der Waals surface area contributed by atoms with Crippen LogP contribution in [0.3, 0.4) is 0 Å². The highest BCUT2D eigenvalue weighted by Crippen LogP contribution is 2.33. The molecular formula is C16H11ClN2. The molecule has 0 spiro atoms. The molecule has 0 atom stereocenters. The third-order valence-electron chi connectivity index (χ3n) is 3.21. The number of hydrogen-bond acceptors (Lipinski definition) is 1. The molecule has 3 heteroatoms. The monoisotopic (exact) mass is 266 g/mol. The first-order valence-electron chi connectivity index (χ1n) is 5.97. The van der Waals surface area contributed by atoms with Crippen molar-refractivity contribution in [3.63, 3.8) is 0 Å². The van der Waals surface area contributed by atoms with Crippen LogP contribution >= 0.6 is 11.6 Å². The van der Waals surface area contributed by atoms with Crippen molar-refractivity contribution in [3.8, 4) is 17.2 Å². The van der Waals surface area contributed by atoms with Crippen LogP contribution in [0.25, 0.3) is 22.0 Å². The van der Waals surface area contributed by atoms with Crippen molar-refractivity contribution in [3.05, 3.63) is 58.7 Å². The minimum atomic E-state index is 0.570. The molecule has 3 rings (SSSR count). The lowest BCUT2D eigenvalue weighted by Gasteiger charge is -2.02. The van der Waals surface area contributed by atoms with Crippen molar-refractivity contribution in [2.45, 2.75) is 6.92 Å². The van der Waals surface area contributed by atoms with Gasteiger partial charge in [0.05, 0.1) is 0 Å². The average molecular weight is 267 g/mol. The van der Waals surface area contributed by atoms with Crippen molar-refractivity contribution in [2.75, 3.05) is 0 Å². The van der Waals surface area contributed by atoms with Crippen LogP contribution in [0.15, 0.2) is 42.5 Å². The van der Waals surface area contributed by atoms with Crippen LogP contribution < -0.4 is 0 Å². The predicted molar refractivity (Wildman–Crippen MR) is 78.2 cm³/mol. The number of aromatic amines is 1. The van der Waals surface area contributed by atoms with Crippen LogP contribution in [0, 0.1) is 18.3 Å². The number of nitrogens with zero attached hydrogens (tertiary/aromatic N) is 1. The van der Waals surface area contributed by atoms with E-state index in [-0.39, 0.29) is 0 Å². The first-order valence-corrected chi connectivity index (χ1v) is 6.35. The summed E-state index contributed by atoms with van der Waals surface area (Å²) >= 11 is 6.06. The van der Waals surface area contributed by atoms with E-state index in [0.717, 1.165) is 22.0 Å². The molecular weight excluding hydrogens is 256 g/mol. The molecule has 0 aliphatic rings. The molecule has 0 unspecified atom stereocenters. The topological polar surface area (TPSA) is 39.6 Å². The van der Waals surface area contributed by atoms with E-state index in [1.165, 1.54) is 5.56 Å². The number of halogens is 1. The van der Waals surface area contributed by atoms with Gasteiger partial charge in [-0.3, -0.25) is 0 Å². The van der Waals surface area contributed by atoms with E-state index in [4.69, 9.17) is 11.6 Å². The fourth-order valence-electron chi connectivity index (χ4n) is 2.27. The zero-order chi connectivity index (χ0) is 13.4. The van der Waals surface area contributed by atoms with Crippen molar-refractivity contribution in [2.24, 2.45) is 0 Å². The minimum Gasteiger partial charge on any atom is -0.346 e. The minimum absolute atomic E-state index is 0.570. The third-order valence-corrected chi connectivity index (χ3v) is 3.45. The van der Waals surface area contributed by atoms with E-state index in [9.17, 15) is 5.26 Å². The lowest BCUT2D eigenvalue weighted by molar-refractivity contribution is 1.37. The van der Waals surface area contributed by atoms with Crippen molar-refractivity contribution < 1.29 is 0 Å². The number of aromatic nitrogens is 1. The molecule has 0 saturated carbocycles. The highest BCUT2D eigenvalue weighted by molar-refractivity contribution is 6.31. The number of rotatable bonds is 1. The van der Waals surface area contributed by atoms with Gasteiger partial charge in [-0.15, -0.1) is 0 Å². The normalized spacial score (nSPS) is 10.6. The molecule has 1 heterocycles. The Hall–Kier alpha value is -2.24. The van der Waals surface area contributed by atoms with E-state index in [2.05, 4.69) is 11.1 Å². The quantitative estimate of drug-likeness (QED) is 0.683. The van der Waals surface area contributed by atoms with E-state index in [0.29, 0.717) is 10.7 Å². The predicted octanol–water partition coefficient (Wildman–Crippen LogP) is 4.67. The molecule has 2 aromatic carbocycles. The molecule has 19 heavy (non-hydrogen) atoms. The van der Waals surface area contributed by atoms with Crippen LogP contribution in [-0.2, 0) is 0 Å². The molecule has 3 aromatic rings. The molecule has 1 N–H and O–H groups in total. The summed E-state index contributed by atoms with van der Waals surface area (Å²) in [5.74, 6) is 0. The summed E-state index contributed by atoms with van der Waals surface area (Å²) in [7, 11) is 0. The summed E-state index contributed by atoms with van der Waals surface area (Å²) in [5, 5.41) is 10.9. The Balaban J connectivity index is 2.35. The number of nitriles is 1. The molecule has 0 radical (unpaired) electrons. The lowest BCUT2D eigenvalue weighted by atomic mass is 10.0. The van der Waals surface area contributed by atoms with E-state index in [1.54, 1.807) is 0 Å². The molecule has 92 valence electrons. The van der Waals surface area contributed by atoms with E-state index in [1.807, 2.05) is 49.4 Å². The van der Waals surface area contributed by atoms with Gasteiger partial charge >= 0.3 is 0 Å². The fraction of sp³-hybridized carbons (Fsp3) is 0.0625. The Morgan fingerprint density at radius 2 is 1.84 bits per heavy atom. The zero-order valence-corrected chi connectivity index (χ0v) is 11.1. The average Bonchev–Trinajstić information content (AvgIpc) is 2.77. The Kier molecular flexibility index (Phi) is 2.77. The highest BCUT2D eigenvalue weighted by Gasteiger charge is 2.13. The van der Waals surface area contributed by atoms with Crippen LogP contribution in [-0.4, -0.2) is 4.98 Å². The highest BCUT2D eigenvalue weighted by atomic mass is 35.5. The van der Waals surface area contributed by atoms with Gasteiger partial charge < -0.3 is 4.98 Å². The van der Waals surface area contributed by atoms with E-state index < -0.39 is 0 Å². The van der Waals surface area contributed by atoms with Crippen molar-refractivity contribution in [1.82, 2.24) is 4.98 Å². The molecule has 1 aromatic heterocycles. The number of aryl methyl sites for hydroxylation is 1. The van der Waals surface area contributed by atoms with Gasteiger partial charge in [0, 0.05) is 21.5 Å². The number of fused-ring (bicyclic) bond motifs is 1. The zero-order valence-electron chi connectivity index (χ0n) is 10.4. The van der Waals surface area contributed by atoms with Gasteiger partial charge in [0.15, 0.2) is 0 Å². The fourth-order valence-corrected chi connectivity index (χ4v) is 2.44. The number of nitrogens with one attached hydrogen (secondary N) is 1. The number of benzene rings is 2. The van der Waals surface area contributed by atoms with Crippen LogP contribution in [0.4, 0.5) is 0 Å². The summed E-state index contributed by atoms with van der Waals surface area (Å²) in [6.07, 6.45) is 0. The first-order chi connectivity index (χ1) is 9.19. The Labute approximate surface area is 116 Å². The molecule has 0 aliphatic heterocycles. The molecule has 0 bridgehead atoms. The van der Waals surface area contributed by atoms with Crippen molar-refractivity contribution in [1.29, 1.82) is 5.26 Å². The van der Waals surface area contributed by atoms with Gasteiger partial charge in [0.2, 0.25) is 0 Å². The summed E-state index contributed by atoms with van der Waals surface area (Å²) in [6, 6.07) is 16.0. The third kappa shape index (κ3) is 1.99. The second-order valence-electron chi connectivity index (χ2n) is 4.54. The van der Waals surface area contributed by atoms with E-state index >= 15 is 0 Å². The second-order valence-corrected chi connectivity index (χ2v) is 4.98. The van der Waals surface area contributed by atoms with Crippen LogP contribution in [0.2, 0.25) is 5.02 Å². The number of H-pyrrole nitrogens is 1. The maximum Gasteiger partial charge on any atom is 0.126 e. The van der Waals surface area contributed by atoms with Gasteiger partial charge in [0.1, 0.15) is 11.8 Å². The van der Waals surface area contributed by atoms with Crippen LogP contribution in [0.5, 0.6) is 0 Å². The summed E-state index contributed by atoms with van der Waals surface area (Å²) in [6.45, 7) is 2.04. The molecule has 0 saturated heterocycles. The van der Waals surface area contributed by atoms with Crippen molar-refractivity contribution >= 4 is 22.5 Å². The van der Waals surface area contributed by atoms with Gasteiger partial charge in [-0.05, 0) is 30.7 Å². The van der Waals surface area contributed by atoms with Gasteiger partial charge in [-0.2, -0.15) is 5.26 Å². The Morgan fingerprint density at radius 3 is 2.53 bits per heavy atom. The summed E-state index contributed by atoms with van der Waals surface area (Å²) in [5.41, 5.74) is 4.63.